The number of carbonyl (C=O) groups excluding carboxylic acids is 1. The van der Waals surface area contributed by atoms with Crippen LogP contribution in [0.15, 0.2) is 0 Å². The first-order chi connectivity index (χ1) is 8.29. The lowest BCUT2D eigenvalue weighted by Crippen LogP contribution is -2.42. The summed E-state index contributed by atoms with van der Waals surface area (Å²) in [6, 6.07) is -0.210. The summed E-state index contributed by atoms with van der Waals surface area (Å²) in [7, 11) is 0. The van der Waals surface area contributed by atoms with E-state index in [9.17, 15) is 4.79 Å². The van der Waals surface area contributed by atoms with Gasteiger partial charge in [-0.2, -0.15) is 0 Å². The number of ether oxygens (including phenoxy) is 1. The molecular formula is C15H29NO2. The van der Waals surface area contributed by atoms with Crippen LogP contribution in [0, 0.1) is 11.8 Å². The summed E-state index contributed by atoms with van der Waals surface area (Å²) in [5.74, 6) is 1.34. The molecule has 3 nitrogen and oxygen atoms in total. The molecule has 1 aliphatic rings. The van der Waals surface area contributed by atoms with Gasteiger partial charge in [-0.05, 0) is 52.5 Å². The topological polar surface area (TPSA) is 38.3 Å². The Balaban J connectivity index is 2.31. The average molecular weight is 255 g/mol. The molecule has 0 aromatic carbocycles. The summed E-state index contributed by atoms with van der Waals surface area (Å²) in [4.78, 5) is 11.8. The predicted octanol–water partition coefficient (Wildman–Crippen LogP) is 3.13. The zero-order chi connectivity index (χ0) is 13.8. The molecule has 0 aromatic rings. The van der Waals surface area contributed by atoms with Crippen molar-refractivity contribution < 1.29 is 9.53 Å². The van der Waals surface area contributed by atoms with Crippen molar-refractivity contribution in [1.29, 1.82) is 0 Å². The monoisotopic (exact) mass is 255 g/mol. The Morgan fingerprint density at radius 1 is 1.33 bits per heavy atom. The summed E-state index contributed by atoms with van der Waals surface area (Å²) in [5, 5.41) is 3.33. The highest BCUT2D eigenvalue weighted by atomic mass is 16.6. The highest BCUT2D eigenvalue weighted by molar-refractivity contribution is 5.75. The van der Waals surface area contributed by atoms with E-state index in [1.165, 1.54) is 25.7 Å². The standard InChI is InChI=1S/C15H29NO2/c1-11-8-6-7-9-13(11)10-16-12(2)14(17)18-15(3,4)5/h11-13,16H,6-10H2,1-5H3. The van der Waals surface area contributed by atoms with Crippen molar-refractivity contribution in [1.82, 2.24) is 5.32 Å². The molecule has 106 valence electrons. The van der Waals surface area contributed by atoms with Crippen molar-refractivity contribution in [3.63, 3.8) is 0 Å². The second-order valence-electron chi connectivity index (χ2n) is 6.69. The highest BCUT2D eigenvalue weighted by Crippen LogP contribution is 2.28. The Morgan fingerprint density at radius 3 is 2.50 bits per heavy atom. The fourth-order valence-corrected chi connectivity index (χ4v) is 2.50. The fourth-order valence-electron chi connectivity index (χ4n) is 2.50. The zero-order valence-electron chi connectivity index (χ0n) is 12.6. The number of rotatable bonds is 4. The molecule has 0 saturated heterocycles. The van der Waals surface area contributed by atoms with E-state index in [0.29, 0.717) is 5.92 Å². The van der Waals surface area contributed by atoms with Crippen LogP contribution in [0.1, 0.15) is 60.3 Å². The number of hydrogen-bond acceptors (Lipinski definition) is 3. The zero-order valence-corrected chi connectivity index (χ0v) is 12.6. The van der Waals surface area contributed by atoms with Crippen molar-refractivity contribution in [3.05, 3.63) is 0 Å². The number of hydrogen-bond donors (Lipinski definition) is 1. The van der Waals surface area contributed by atoms with E-state index < -0.39 is 5.60 Å². The van der Waals surface area contributed by atoms with Gasteiger partial charge in [-0.15, -0.1) is 0 Å². The largest absolute Gasteiger partial charge is 0.459 e. The van der Waals surface area contributed by atoms with E-state index in [2.05, 4.69) is 12.2 Å². The molecular weight excluding hydrogens is 226 g/mol. The number of carbonyl (C=O) groups is 1. The second kappa shape index (κ2) is 6.55. The van der Waals surface area contributed by atoms with Gasteiger partial charge in [0.2, 0.25) is 0 Å². The molecule has 3 atom stereocenters. The SMILES string of the molecule is CC(NCC1CCCCC1C)C(=O)OC(C)(C)C. The molecule has 18 heavy (non-hydrogen) atoms. The average Bonchev–Trinajstić information content (AvgIpc) is 2.25. The molecule has 1 saturated carbocycles. The maximum atomic E-state index is 11.8. The molecule has 0 bridgehead atoms. The number of esters is 1. The van der Waals surface area contributed by atoms with Gasteiger partial charge in [0.05, 0.1) is 0 Å². The van der Waals surface area contributed by atoms with Crippen molar-refractivity contribution in [2.45, 2.75) is 71.9 Å². The van der Waals surface area contributed by atoms with Crippen LogP contribution in [-0.2, 0) is 9.53 Å². The van der Waals surface area contributed by atoms with Gasteiger partial charge >= 0.3 is 5.97 Å². The van der Waals surface area contributed by atoms with Gasteiger partial charge in [0.1, 0.15) is 11.6 Å². The molecule has 1 aliphatic carbocycles. The lowest BCUT2D eigenvalue weighted by Gasteiger charge is -2.30. The van der Waals surface area contributed by atoms with Crippen LogP contribution in [0.4, 0.5) is 0 Å². The molecule has 0 aromatic heterocycles. The van der Waals surface area contributed by atoms with Crippen molar-refractivity contribution in [3.8, 4) is 0 Å². The van der Waals surface area contributed by atoms with Gasteiger partial charge in [-0.3, -0.25) is 4.79 Å². The van der Waals surface area contributed by atoms with Crippen LogP contribution in [0.25, 0.3) is 0 Å². The minimum atomic E-state index is -0.398. The maximum Gasteiger partial charge on any atom is 0.323 e. The van der Waals surface area contributed by atoms with E-state index in [0.717, 1.165) is 12.5 Å². The third-order valence-corrected chi connectivity index (χ3v) is 3.74. The molecule has 0 amide bonds. The van der Waals surface area contributed by atoms with Crippen molar-refractivity contribution in [2.24, 2.45) is 11.8 Å². The lowest BCUT2D eigenvalue weighted by atomic mass is 9.80. The third-order valence-electron chi connectivity index (χ3n) is 3.74. The highest BCUT2D eigenvalue weighted by Gasteiger charge is 2.25. The van der Waals surface area contributed by atoms with Gasteiger partial charge in [-0.1, -0.05) is 26.2 Å². The molecule has 0 radical (unpaired) electrons. The van der Waals surface area contributed by atoms with Gasteiger partial charge in [0, 0.05) is 0 Å². The van der Waals surface area contributed by atoms with E-state index in [1.807, 2.05) is 27.7 Å². The molecule has 0 heterocycles. The summed E-state index contributed by atoms with van der Waals surface area (Å²) in [6.07, 6.45) is 5.30. The molecule has 3 unspecified atom stereocenters. The minimum absolute atomic E-state index is 0.147. The molecule has 1 rings (SSSR count). The Labute approximate surface area is 112 Å². The summed E-state index contributed by atoms with van der Waals surface area (Å²) in [6.45, 7) is 10.9. The van der Waals surface area contributed by atoms with E-state index in [1.54, 1.807) is 0 Å². The first kappa shape index (κ1) is 15.5. The van der Waals surface area contributed by atoms with Crippen molar-refractivity contribution >= 4 is 5.97 Å². The van der Waals surface area contributed by atoms with Gasteiger partial charge < -0.3 is 10.1 Å². The van der Waals surface area contributed by atoms with Crippen LogP contribution in [0.3, 0.4) is 0 Å². The summed E-state index contributed by atoms with van der Waals surface area (Å²) < 4.78 is 5.36. The quantitative estimate of drug-likeness (QED) is 0.784. The van der Waals surface area contributed by atoms with Gasteiger partial charge in [0.25, 0.3) is 0 Å². The normalized spacial score (nSPS) is 26.7. The molecule has 1 N–H and O–H groups in total. The Hall–Kier alpha value is -0.570. The summed E-state index contributed by atoms with van der Waals surface area (Å²) >= 11 is 0. The third kappa shape index (κ3) is 5.38. The minimum Gasteiger partial charge on any atom is -0.459 e. The van der Waals surface area contributed by atoms with Crippen LogP contribution in [-0.4, -0.2) is 24.2 Å². The smallest absolute Gasteiger partial charge is 0.323 e. The van der Waals surface area contributed by atoms with E-state index in [4.69, 9.17) is 4.74 Å². The van der Waals surface area contributed by atoms with Crippen LogP contribution >= 0.6 is 0 Å². The molecule has 0 aliphatic heterocycles. The number of nitrogens with one attached hydrogen (secondary N) is 1. The molecule has 3 heteroatoms. The van der Waals surface area contributed by atoms with Gasteiger partial charge in [-0.25, -0.2) is 0 Å². The first-order valence-electron chi connectivity index (χ1n) is 7.26. The Kier molecular flexibility index (Phi) is 5.64. The second-order valence-corrected chi connectivity index (χ2v) is 6.69. The lowest BCUT2D eigenvalue weighted by molar-refractivity contribution is -0.157. The van der Waals surface area contributed by atoms with E-state index >= 15 is 0 Å². The van der Waals surface area contributed by atoms with Crippen molar-refractivity contribution in [2.75, 3.05) is 6.54 Å². The summed E-state index contributed by atoms with van der Waals surface area (Å²) in [5.41, 5.74) is -0.398. The predicted molar refractivity (Wildman–Crippen MR) is 74.4 cm³/mol. The molecule has 0 spiro atoms. The van der Waals surface area contributed by atoms with Crippen LogP contribution in [0.2, 0.25) is 0 Å². The first-order valence-corrected chi connectivity index (χ1v) is 7.26. The van der Waals surface area contributed by atoms with Crippen LogP contribution < -0.4 is 5.32 Å². The Morgan fingerprint density at radius 2 is 1.94 bits per heavy atom. The Bertz CT molecular complexity index is 270. The maximum absolute atomic E-state index is 11.8. The van der Waals surface area contributed by atoms with Crippen LogP contribution in [0.5, 0.6) is 0 Å². The van der Waals surface area contributed by atoms with E-state index in [-0.39, 0.29) is 12.0 Å². The molecule has 1 fully saturated rings. The fraction of sp³-hybridized carbons (Fsp3) is 0.933. The van der Waals surface area contributed by atoms with Gasteiger partial charge in [0.15, 0.2) is 0 Å².